The van der Waals surface area contributed by atoms with Crippen molar-refractivity contribution < 1.29 is 4.79 Å². The Labute approximate surface area is 118 Å². The number of halogens is 2. The number of anilines is 1. The zero-order chi connectivity index (χ0) is 13.5. The number of carbonyl (C=O) groups is 1. The van der Waals surface area contributed by atoms with Crippen molar-refractivity contribution in [2.45, 2.75) is 32.7 Å². The first-order valence-corrected chi connectivity index (χ1v) is 6.72. The van der Waals surface area contributed by atoms with Crippen LogP contribution in [0.2, 0.25) is 10.0 Å². The molecule has 0 radical (unpaired) electrons. The molecular formula is C13H18Cl2N2O. The van der Waals surface area contributed by atoms with Gasteiger partial charge in [0.25, 0.3) is 0 Å². The highest BCUT2D eigenvalue weighted by Crippen LogP contribution is 2.22. The van der Waals surface area contributed by atoms with Gasteiger partial charge in [0.05, 0.1) is 0 Å². The lowest BCUT2D eigenvalue weighted by Crippen LogP contribution is -2.24. The SMILES string of the molecule is CC(C)NCCCC(=O)Nc1cc(Cl)cc(Cl)c1. The lowest BCUT2D eigenvalue weighted by atomic mass is 10.2. The number of amides is 1. The Morgan fingerprint density at radius 1 is 1.22 bits per heavy atom. The van der Waals surface area contributed by atoms with Crippen molar-refractivity contribution in [2.75, 3.05) is 11.9 Å². The van der Waals surface area contributed by atoms with Crippen molar-refractivity contribution >= 4 is 34.8 Å². The fraction of sp³-hybridized carbons (Fsp3) is 0.462. The molecule has 0 aliphatic rings. The summed E-state index contributed by atoms with van der Waals surface area (Å²) in [6.45, 7) is 4.99. The van der Waals surface area contributed by atoms with E-state index in [1.165, 1.54) is 0 Å². The Bertz CT molecular complexity index is 388. The van der Waals surface area contributed by atoms with Gasteiger partial charge in [-0.3, -0.25) is 4.79 Å². The molecule has 0 heterocycles. The minimum absolute atomic E-state index is 0.0288. The van der Waals surface area contributed by atoms with E-state index in [2.05, 4.69) is 24.5 Å². The molecule has 0 saturated carbocycles. The molecule has 0 aliphatic heterocycles. The molecule has 1 amide bonds. The van der Waals surface area contributed by atoms with Gasteiger partial charge in [-0.15, -0.1) is 0 Å². The van der Waals surface area contributed by atoms with E-state index in [9.17, 15) is 4.79 Å². The zero-order valence-corrected chi connectivity index (χ0v) is 12.1. The van der Waals surface area contributed by atoms with Gasteiger partial charge in [-0.2, -0.15) is 0 Å². The molecule has 2 N–H and O–H groups in total. The maximum atomic E-state index is 11.7. The predicted octanol–water partition coefficient (Wildman–Crippen LogP) is 3.71. The van der Waals surface area contributed by atoms with Gasteiger partial charge in [0.15, 0.2) is 0 Å². The summed E-state index contributed by atoms with van der Waals surface area (Å²) in [6.07, 6.45) is 1.28. The van der Waals surface area contributed by atoms with Crippen molar-refractivity contribution in [1.82, 2.24) is 5.32 Å². The van der Waals surface area contributed by atoms with Crippen LogP contribution < -0.4 is 10.6 Å². The van der Waals surface area contributed by atoms with Crippen LogP contribution in [0.5, 0.6) is 0 Å². The van der Waals surface area contributed by atoms with Gasteiger partial charge in [0.1, 0.15) is 0 Å². The number of benzene rings is 1. The quantitative estimate of drug-likeness (QED) is 0.784. The third-order valence-electron chi connectivity index (χ3n) is 2.28. The number of rotatable bonds is 6. The van der Waals surface area contributed by atoms with Crippen LogP contribution >= 0.6 is 23.2 Å². The Hall–Kier alpha value is -0.770. The van der Waals surface area contributed by atoms with E-state index < -0.39 is 0 Å². The van der Waals surface area contributed by atoms with Crippen LogP contribution in [0.25, 0.3) is 0 Å². The first kappa shape index (κ1) is 15.3. The fourth-order valence-corrected chi connectivity index (χ4v) is 2.02. The van der Waals surface area contributed by atoms with Crippen molar-refractivity contribution in [1.29, 1.82) is 0 Å². The lowest BCUT2D eigenvalue weighted by molar-refractivity contribution is -0.116. The van der Waals surface area contributed by atoms with E-state index in [1.54, 1.807) is 18.2 Å². The van der Waals surface area contributed by atoms with Gasteiger partial charge >= 0.3 is 0 Å². The molecule has 3 nitrogen and oxygen atoms in total. The van der Waals surface area contributed by atoms with Crippen molar-refractivity contribution in [3.63, 3.8) is 0 Å². The second-order valence-electron chi connectivity index (χ2n) is 4.42. The monoisotopic (exact) mass is 288 g/mol. The Balaban J connectivity index is 2.35. The second-order valence-corrected chi connectivity index (χ2v) is 5.29. The van der Waals surface area contributed by atoms with Crippen molar-refractivity contribution in [3.05, 3.63) is 28.2 Å². The van der Waals surface area contributed by atoms with E-state index in [1.807, 2.05) is 0 Å². The molecule has 0 unspecified atom stereocenters. The largest absolute Gasteiger partial charge is 0.326 e. The third kappa shape index (κ3) is 6.24. The number of hydrogen-bond acceptors (Lipinski definition) is 2. The highest BCUT2D eigenvalue weighted by Gasteiger charge is 2.04. The number of carbonyl (C=O) groups excluding carboxylic acids is 1. The van der Waals surface area contributed by atoms with Gasteiger partial charge in [-0.05, 0) is 31.2 Å². The van der Waals surface area contributed by atoms with Crippen LogP contribution in [0.1, 0.15) is 26.7 Å². The summed E-state index contributed by atoms with van der Waals surface area (Å²) in [7, 11) is 0. The molecule has 0 bridgehead atoms. The highest BCUT2D eigenvalue weighted by atomic mass is 35.5. The summed E-state index contributed by atoms with van der Waals surface area (Å²) >= 11 is 11.7. The van der Waals surface area contributed by atoms with Crippen LogP contribution in [0.3, 0.4) is 0 Å². The molecule has 0 fully saturated rings. The smallest absolute Gasteiger partial charge is 0.224 e. The molecule has 0 atom stereocenters. The second kappa shape index (κ2) is 7.62. The molecule has 0 aliphatic carbocycles. The first-order valence-electron chi connectivity index (χ1n) is 5.96. The topological polar surface area (TPSA) is 41.1 Å². The summed E-state index contributed by atoms with van der Waals surface area (Å²) in [6, 6.07) is 5.43. The predicted molar refractivity (Wildman–Crippen MR) is 77.5 cm³/mol. The van der Waals surface area contributed by atoms with Crippen LogP contribution in [-0.2, 0) is 4.79 Å². The normalized spacial score (nSPS) is 10.7. The first-order chi connectivity index (χ1) is 8.47. The van der Waals surface area contributed by atoms with Crippen LogP contribution in [0.15, 0.2) is 18.2 Å². The van der Waals surface area contributed by atoms with Gasteiger partial charge < -0.3 is 10.6 Å². The lowest BCUT2D eigenvalue weighted by Gasteiger charge is -2.08. The number of hydrogen-bond donors (Lipinski definition) is 2. The van der Waals surface area contributed by atoms with E-state index in [-0.39, 0.29) is 5.91 Å². The molecule has 0 aromatic heterocycles. The molecule has 5 heteroatoms. The summed E-state index contributed by atoms with van der Waals surface area (Å²) < 4.78 is 0. The van der Waals surface area contributed by atoms with E-state index in [4.69, 9.17) is 23.2 Å². The maximum absolute atomic E-state index is 11.7. The van der Waals surface area contributed by atoms with Gasteiger partial charge in [0.2, 0.25) is 5.91 Å². The van der Waals surface area contributed by atoms with Crippen molar-refractivity contribution in [3.8, 4) is 0 Å². The maximum Gasteiger partial charge on any atom is 0.224 e. The molecule has 1 aromatic carbocycles. The van der Waals surface area contributed by atoms with E-state index in [0.29, 0.717) is 28.2 Å². The standard InChI is InChI=1S/C13H18Cl2N2O/c1-9(2)16-5-3-4-13(18)17-12-7-10(14)6-11(15)8-12/h6-9,16H,3-5H2,1-2H3,(H,17,18). The molecule has 18 heavy (non-hydrogen) atoms. The molecule has 1 aromatic rings. The molecular weight excluding hydrogens is 271 g/mol. The average molecular weight is 289 g/mol. The zero-order valence-electron chi connectivity index (χ0n) is 10.6. The minimum Gasteiger partial charge on any atom is -0.326 e. The average Bonchev–Trinajstić information content (AvgIpc) is 2.22. The van der Waals surface area contributed by atoms with Crippen LogP contribution in [0, 0.1) is 0 Å². The van der Waals surface area contributed by atoms with E-state index >= 15 is 0 Å². The van der Waals surface area contributed by atoms with Crippen LogP contribution in [-0.4, -0.2) is 18.5 Å². The summed E-state index contributed by atoms with van der Waals surface area (Å²) in [5.41, 5.74) is 0.634. The Morgan fingerprint density at radius 3 is 2.39 bits per heavy atom. The van der Waals surface area contributed by atoms with Gasteiger partial charge in [-0.1, -0.05) is 37.0 Å². The Kier molecular flexibility index (Phi) is 6.47. The van der Waals surface area contributed by atoms with Crippen molar-refractivity contribution in [2.24, 2.45) is 0 Å². The Morgan fingerprint density at radius 2 is 1.83 bits per heavy atom. The van der Waals surface area contributed by atoms with Crippen LogP contribution in [0.4, 0.5) is 5.69 Å². The summed E-state index contributed by atoms with van der Waals surface area (Å²) in [4.78, 5) is 11.7. The molecule has 0 spiro atoms. The minimum atomic E-state index is -0.0288. The van der Waals surface area contributed by atoms with E-state index in [0.717, 1.165) is 13.0 Å². The van der Waals surface area contributed by atoms with Gasteiger partial charge in [-0.25, -0.2) is 0 Å². The molecule has 100 valence electrons. The summed E-state index contributed by atoms with van der Waals surface area (Å²) in [5, 5.41) is 7.06. The highest BCUT2D eigenvalue weighted by molar-refractivity contribution is 6.35. The third-order valence-corrected chi connectivity index (χ3v) is 2.72. The number of nitrogens with one attached hydrogen (secondary N) is 2. The van der Waals surface area contributed by atoms with Gasteiger partial charge in [0, 0.05) is 28.2 Å². The molecule has 1 rings (SSSR count). The summed E-state index contributed by atoms with van der Waals surface area (Å²) in [5.74, 6) is -0.0288. The molecule has 0 saturated heterocycles. The fourth-order valence-electron chi connectivity index (χ4n) is 1.49.